The maximum atomic E-state index is 10.7. The first-order valence-corrected chi connectivity index (χ1v) is 7.21. The molecule has 1 aromatic heterocycles. The van der Waals surface area contributed by atoms with Crippen molar-refractivity contribution in [2.45, 2.75) is 39.0 Å². The zero-order valence-corrected chi connectivity index (χ0v) is 12.5. The predicted molar refractivity (Wildman–Crippen MR) is 78.8 cm³/mol. The average molecular weight is 288 g/mol. The lowest BCUT2D eigenvalue weighted by Gasteiger charge is -2.17. The molecule has 3 rings (SSSR count). The minimum Gasteiger partial charge on any atom is -0.496 e. The summed E-state index contributed by atoms with van der Waals surface area (Å²) < 4.78 is 13.0. The van der Waals surface area contributed by atoms with Crippen molar-refractivity contribution in [3.8, 4) is 11.5 Å². The van der Waals surface area contributed by atoms with Gasteiger partial charge in [0.1, 0.15) is 23.7 Å². The molecule has 21 heavy (non-hydrogen) atoms. The second-order valence-corrected chi connectivity index (χ2v) is 5.31. The Morgan fingerprint density at radius 3 is 3.05 bits per heavy atom. The monoisotopic (exact) mass is 288 g/mol. The molecule has 5 nitrogen and oxygen atoms in total. The molecule has 2 unspecified atom stereocenters. The van der Waals surface area contributed by atoms with Gasteiger partial charge in [0.25, 0.3) is 0 Å². The van der Waals surface area contributed by atoms with Crippen molar-refractivity contribution in [1.82, 2.24) is 9.78 Å². The Balaban J connectivity index is 2.04. The van der Waals surface area contributed by atoms with Crippen LogP contribution in [0.15, 0.2) is 24.4 Å². The summed E-state index contributed by atoms with van der Waals surface area (Å²) in [5, 5.41) is 14.9. The Morgan fingerprint density at radius 1 is 1.52 bits per heavy atom. The number of rotatable bonds is 4. The van der Waals surface area contributed by atoms with Gasteiger partial charge in [-0.05, 0) is 32.0 Å². The maximum Gasteiger partial charge on any atom is 0.125 e. The number of hydrogen-bond acceptors (Lipinski definition) is 4. The fourth-order valence-electron chi connectivity index (χ4n) is 2.84. The van der Waals surface area contributed by atoms with E-state index in [4.69, 9.17) is 9.47 Å². The van der Waals surface area contributed by atoms with E-state index in [0.717, 1.165) is 23.4 Å². The van der Waals surface area contributed by atoms with Crippen LogP contribution in [0, 0.1) is 0 Å². The van der Waals surface area contributed by atoms with Gasteiger partial charge in [-0.15, -0.1) is 0 Å². The molecule has 5 heteroatoms. The minimum absolute atomic E-state index is 0.165. The molecule has 1 aliphatic rings. The van der Waals surface area contributed by atoms with E-state index in [-0.39, 0.29) is 6.10 Å². The fraction of sp³-hybridized carbons (Fsp3) is 0.438. The number of benzene rings is 1. The predicted octanol–water partition coefficient (Wildman–Crippen LogP) is 2.32. The molecule has 0 fully saturated rings. The summed E-state index contributed by atoms with van der Waals surface area (Å²) >= 11 is 0. The fourth-order valence-corrected chi connectivity index (χ4v) is 2.84. The van der Waals surface area contributed by atoms with Crippen LogP contribution in [0.4, 0.5) is 0 Å². The third-order valence-corrected chi connectivity index (χ3v) is 3.87. The number of methoxy groups -OCH3 is 1. The summed E-state index contributed by atoms with van der Waals surface area (Å²) in [4.78, 5) is 0. The first kappa shape index (κ1) is 13.9. The second kappa shape index (κ2) is 5.41. The van der Waals surface area contributed by atoms with Gasteiger partial charge in [-0.25, -0.2) is 0 Å². The number of aryl methyl sites for hydroxylation is 1. The summed E-state index contributed by atoms with van der Waals surface area (Å²) in [6.45, 7) is 4.74. The summed E-state index contributed by atoms with van der Waals surface area (Å²) in [5.41, 5.74) is 2.58. The molecule has 2 heterocycles. The molecule has 0 amide bonds. The van der Waals surface area contributed by atoms with Crippen LogP contribution in [0.3, 0.4) is 0 Å². The SMILES string of the molecule is CCn1nccc1C(O)c1cc2c(cc1OC)CC(C)O2. The van der Waals surface area contributed by atoms with E-state index in [1.54, 1.807) is 18.0 Å². The normalized spacial score (nSPS) is 18.2. The van der Waals surface area contributed by atoms with Crippen LogP contribution in [0.1, 0.15) is 36.8 Å². The first-order chi connectivity index (χ1) is 10.1. The highest BCUT2D eigenvalue weighted by Gasteiger charge is 2.26. The smallest absolute Gasteiger partial charge is 0.125 e. The standard InChI is InChI=1S/C16H20N2O3/c1-4-18-13(5-6-17-18)16(19)12-9-14-11(7-10(2)21-14)8-15(12)20-3/h5-6,8-10,16,19H,4,7H2,1-3H3. The van der Waals surface area contributed by atoms with Crippen molar-refractivity contribution in [1.29, 1.82) is 0 Å². The Bertz CT molecular complexity index is 651. The van der Waals surface area contributed by atoms with E-state index in [9.17, 15) is 5.11 Å². The van der Waals surface area contributed by atoms with Gasteiger partial charge in [-0.1, -0.05) is 0 Å². The van der Waals surface area contributed by atoms with E-state index in [0.29, 0.717) is 17.9 Å². The van der Waals surface area contributed by atoms with Crippen molar-refractivity contribution >= 4 is 0 Å². The molecular formula is C16H20N2O3. The molecule has 2 aromatic rings. The lowest BCUT2D eigenvalue weighted by Crippen LogP contribution is -2.10. The van der Waals surface area contributed by atoms with Gasteiger partial charge in [0.15, 0.2) is 0 Å². The Kier molecular flexibility index (Phi) is 3.59. The van der Waals surface area contributed by atoms with E-state index in [1.165, 1.54) is 0 Å². The highest BCUT2D eigenvalue weighted by Crippen LogP contribution is 2.39. The molecule has 0 aliphatic carbocycles. The van der Waals surface area contributed by atoms with Gasteiger partial charge in [-0.3, -0.25) is 4.68 Å². The molecule has 1 N–H and O–H groups in total. The van der Waals surface area contributed by atoms with Crippen molar-refractivity contribution < 1.29 is 14.6 Å². The Morgan fingerprint density at radius 2 is 2.33 bits per heavy atom. The van der Waals surface area contributed by atoms with E-state index < -0.39 is 6.10 Å². The quantitative estimate of drug-likeness (QED) is 0.938. The molecule has 1 aromatic carbocycles. The van der Waals surface area contributed by atoms with Crippen molar-refractivity contribution in [3.05, 3.63) is 41.2 Å². The second-order valence-electron chi connectivity index (χ2n) is 5.31. The molecule has 112 valence electrons. The number of fused-ring (bicyclic) bond motifs is 1. The molecule has 0 saturated carbocycles. The highest BCUT2D eigenvalue weighted by molar-refractivity contribution is 5.50. The van der Waals surface area contributed by atoms with Gasteiger partial charge in [0.05, 0.1) is 12.8 Å². The minimum atomic E-state index is -0.785. The van der Waals surface area contributed by atoms with E-state index in [1.807, 2.05) is 32.0 Å². The van der Waals surface area contributed by atoms with Crippen molar-refractivity contribution in [2.24, 2.45) is 0 Å². The number of aromatic nitrogens is 2. The van der Waals surface area contributed by atoms with Gasteiger partial charge < -0.3 is 14.6 Å². The number of nitrogens with zero attached hydrogens (tertiary/aromatic N) is 2. The van der Waals surface area contributed by atoms with Gasteiger partial charge >= 0.3 is 0 Å². The Hall–Kier alpha value is -2.01. The zero-order chi connectivity index (χ0) is 15.0. The van der Waals surface area contributed by atoms with Crippen LogP contribution in [0.5, 0.6) is 11.5 Å². The van der Waals surface area contributed by atoms with Crippen LogP contribution >= 0.6 is 0 Å². The third-order valence-electron chi connectivity index (χ3n) is 3.87. The first-order valence-electron chi connectivity index (χ1n) is 7.21. The lowest BCUT2D eigenvalue weighted by molar-refractivity contribution is 0.201. The largest absolute Gasteiger partial charge is 0.496 e. The maximum absolute atomic E-state index is 10.7. The van der Waals surface area contributed by atoms with E-state index >= 15 is 0 Å². The van der Waals surface area contributed by atoms with Crippen LogP contribution in [0.2, 0.25) is 0 Å². The summed E-state index contributed by atoms with van der Waals surface area (Å²) in [6.07, 6.45) is 1.94. The number of ether oxygens (including phenoxy) is 2. The molecule has 2 atom stereocenters. The summed E-state index contributed by atoms with van der Waals surface area (Å²) in [7, 11) is 1.62. The lowest BCUT2D eigenvalue weighted by atomic mass is 10.0. The van der Waals surface area contributed by atoms with Crippen molar-refractivity contribution in [3.63, 3.8) is 0 Å². The molecule has 0 spiro atoms. The summed E-state index contributed by atoms with van der Waals surface area (Å²) in [6, 6.07) is 5.67. The van der Waals surface area contributed by atoms with Crippen LogP contribution in [-0.2, 0) is 13.0 Å². The van der Waals surface area contributed by atoms with Gasteiger partial charge in [-0.2, -0.15) is 5.10 Å². The molecule has 0 radical (unpaired) electrons. The number of aliphatic hydroxyl groups is 1. The van der Waals surface area contributed by atoms with Crippen molar-refractivity contribution in [2.75, 3.05) is 7.11 Å². The molecule has 0 saturated heterocycles. The molecule has 0 bridgehead atoms. The molecule has 1 aliphatic heterocycles. The van der Waals surface area contributed by atoms with Crippen LogP contribution in [-0.4, -0.2) is 28.1 Å². The number of aliphatic hydroxyl groups excluding tert-OH is 1. The third kappa shape index (κ3) is 2.38. The zero-order valence-electron chi connectivity index (χ0n) is 12.5. The average Bonchev–Trinajstić information content (AvgIpc) is 3.09. The number of hydrogen-bond donors (Lipinski definition) is 1. The van der Waals surface area contributed by atoms with Gasteiger partial charge in [0, 0.05) is 30.3 Å². The van der Waals surface area contributed by atoms with Crippen LogP contribution in [0.25, 0.3) is 0 Å². The topological polar surface area (TPSA) is 56.5 Å². The Labute approximate surface area is 124 Å². The molecular weight excluding hydrogens is 268 g/mol. The van der Waals surface area contributed by atoms with E-state index in [2.05, 4.69) is 5.10 Å². The highest BCUT2D eigenvalue weighted by atomic mass is 16.5. The van der Waals surface area contributed by atoms with Gasteiger partial charge in [0.2, 0.25) is 0 Å². The summed E-state index contributed by atoms with van der Waals surface area (Å²) in [5.74, 6) is 1.52. The van der Waals surface area contributed by atoms with Crippen LogP contribution < -0.4 is 9.47 Å².